The van der Waals surface area contributed by atoms with Gasteiger partial charge >= 0.3 is 0 Å². The van der Waals surface area contributed by atoms with Gasteiger partial charge in [0.1, 0.15) is 5.75 Å². The van der Waals surface area contributed by atoms with Gasteiger partial charge in [0.05, 0.1) is 5.56 Å². The summed E-state index contributed by atoms with van der Waals surface area (Å²) in [7, 11) is 0. The fourth-order valence-electron chi connectivity index (χ4n) is 1.21. The van der Waals surface area contributed by atoms with Crippen LogP contribution in [0.5, 0.6) is 5.75 Å². The molecule has 1 aromatic carbocycles. The van der Waals surface area contributed by atoms with E-state index >= 15 is 0 Å². The van der Waals surface area contributed by atoms with Crippen LogP contribution in [0.2, 0.25) is 0 Å². The minimum absolute atomic E-state index is 0.0225. The minimum Gasteiger partial charge on any atom is -0.507 e. The molecule has 0 saturated heterocycles. The molecule has 3 heteroatoms. The van der Waals surface area contributed by atoms with E-state index in [1.54, 1.807) is 18.2 Å². The Morgan fingerprint density at radius 3 is 2.56 bits per heavy atom. The van der Waals surface area contributed by atoms with Crippen LogP contribution in [-0.2, 0) is 0 Å². The van der Waals surface area contributed by atoms with E-state index < -0.39 is 0 Å². The Bertz CT molecular complexity index is 372. The van der Waals surface area contributed by atoms with Gasteiger partial charge in [-0.3, -0.25) is 4.79 Å². The van der Waals surface area contributed by atoms with Crippen molar-refractivity contribution in [2.75, 3.05) is 6.54 Å². The summed E-state index contributed by atoms with van der Waals surface area (Å²) in [5.41, 5.74) is 0.412. The molecule has 0 unspecified atom stereocenters. The van der Waals surface area contributed by atoms with E-state index in [0.717, 1.165) is 6.42 Å². The molecular weight excluding hydrogens is 202 g/mol. The number of carbonyl (C=O) groups is 1. The van der Waals surface area contributed by atoms with Crippen LogP contribution in [0.4, 0.5) is 0 Å². The van der Waals surface area contributed by atoms with Gasteiger partial charge in [-0.1, -0.05) is 32.9 Å². The molecule has 0 bridgehead atoms. The van der Waals surface area contributed by atoms with E-state index in [1.165, 1.54) is 6.07 Å². The average Bonchev–Trinajstić information content (AvgIpc) is 2.27. The smallest absolute Gasteiger partial charge is 0.255 e. The van der Waals surface area contributed by atoms with Gasteiger partial charge in [0, 0.05) is 6.54 Å². The summed E-state index contributed by atoms with van der Waals surface area (Å²) in [5.74, 6) is -0.200. The lowest BCUT2D eigenvalue weighted by molar-refractivity contribution is 0.0933. The van der Waals surface area contributed by atoms with Crippen molar-refractivity contribution < 1.29 is 9.90 Å². The lowest BCUT2D eigenvalue weighted by atomic mass is 9.90. The first-order valence-corrected chi connectivity index (χ1v) is 5.52. The molecule has 2 N–H and O–H groups in total. The molecule has 1 aromatic rings. The van der Waals surface area contributed by atoms with Gasteiger partial charge in [0.15, 0.2) is 0 Å². The van der Waals surface area contributed by atoms with Gasteiger partial charge in [-0.05, 0) is 24.0 Å². The van der Waals surface area contributed by atoms with Gasteiger partial charge in [-0.2, -0.15) is 0 Å². The summed E-state index contributed by atoms with van der Waals surface area (Å²) < 4.78 is 0. The van der Waals surface area contributed by atoms with Crippen LogP contribution in [0.3, 0.4) is 0 Å². The van der Waals surface area contributed by atoms with E-state index in [0.29, 0.717) is 12.1 Å². The largest absolute Gasteiger partial charge is 0.507 e. The maximum absolute atomic E-state index is 11.8. The molecule has 1 amide bonds. The van der Waals surface area contributed by atoms with Crippen LogP contribution >= 0.6 is 0 Å². The molecule has 0 heterocycles. The average molecular weight is 221 g/mol. The Kier molecular flexibility index (Phi) is 3.93. The second-order valence-electron chi connectivity index (χ2n) is 4.72. The Morgan fingerprint density at radius 2 is 2.00 bits per heavy atom. The summed E-state index contributed by atoms with van der Waals surface area (Å²) in [4.78, 5) is 11.8. The number of phenolic OH excluding ortho intramolecular Hbond substituents is 1. The normalized spacial score (nSPS) is 11.2. The van der Waals surface area contributed by atoms with Gasteiger partial charge < -0.3 is 10.4 Å². The molecule has 16 heavy (non-hydrogen) atoms. The van der Waals surface area contributed by atoms with Crippen molar-refractivity contribution in [3.63, 3.8) is 0 Å². The molecule has 0 atom stereocenters. The highest BCUT2D eigenvalue weighted by Gasteiger charge is 2.17. The summed E-state index contributed by atoms with van der Waals surface area (Å²) in [5, 5.41) is 12.3. The lowest BCUT2D eigenvalue weighted by Crippen LogP contribution is -2.33. The highest BCUT2D eigenvalue weighted by molar-refractivity contribution is 5.96. The number of aromatic hydroxyl groups is 1. The first-order chi connectivity index (χ1) is 7.46. The number of hydrogen-bond donors (Lipinski definition) is 2. The van der Waals surface area contributed by atoms with Crippen LogP contribution in [0.1, 0.15) is 37.6 Å². The van der Waals surface area contributed by atoms with Crippen LogP contribution in [0, 0.1) is 5.41 Å². The third-order valence-corrected chi connectivity index (χ3v) is 2.83. The highest BCUT2D eigenvalue weighted by Crippen LogP contribution is 2.19. The number of amides is 1. The van der Waals surface area contributed by atoms with Gasteiger partial charge in [-0.15, -0.1) is 0 Å². The van der Waals surface area contributed by atoms with E-state index in [4.69, 9.17) is 0 Å². The van der Waals surface area contributed by atoms with Crippen LogP contribution in [-0.4, -0.2) is 17.6 Å². The maximum Gasteiger partial charge on any atom is 0.255 e. The van der Waals surface area contributed by atoms with Crippen LogP contribution in [0.25, 0.3) is 0 Å². The van der Waals surface area contributed by atoms with Crippen LogP contribution in [0.15, 0.2) is 24.3 Å². The predicted molar refractivity (Wildman–Crippen MR) is 64.5 cm³/mol. The summed E-state index contributed by atoms with van der Waals surface area (Å²) in [6.07, 6.45) is 0.994. The molecule has 1 rings (SSSR count). The van der Waals surface area contributed by atoms with Crippen molar-refractivity contribution in [2.24, 2.45) is 5.41 Å². The topological polar surface area (TPSA) is 49.3 Å². The SMILES string of the molecule is CCC(C)(C)CNC(=O)c1ccccc1O. The number of nitrogens with one attached hydrogen (secondary N) is 1. The lowest BCUT2D eigenvalue weighted by Gasteiger charge is -2.22. The maximum atomic E-state index is 11.8. The number of hydrogen-bond acceptors (Lipinski definition) is 2. The third-order valence-electron chi connectivity index (χ3n) is 2.83. The Labute approximate surface area is 96.5 Å². The molecule has 0 radical (unpaired) electrons. The van der Waals surface area contributed by atoms with E-state index in [-0.39, 0.29) is 17.1 Å². The first-order valence-electron chi connectivity index (χ1n) is 5.52. The van der Waals surface area contributed by atoms with Gasteiger partial charge in [0.25, 0.3) is 5.91 Å². The van der Waals surface area contributed by atoms with Gasteiger partial charge in [0.2, 0.25) is 0 Å². The summed E-state index contributed by atoms with van der Waals surface area (Å²) >= 11 is 0. The summed E-state index contributed by atoms with van der Waals surface area (Å²) in [6, 6.07) is 6.56. The number of benzene rings is 1. The molecule has 0 aromatic heterocycles. The Morgan fingerprint density at radius 1 is 1.38 bits per heavy atom. The van der Waals surface area contributed by atoms with Crippen molar-refractivity contribution in [1.82, 2.24) is 5.32 Å². The van der Waals surface area contributed by atoms with Crippen LogP contribution < -0.4 is 5.32 Å². The number of para-hydroxylation sites is 1. The van der Waals surface area contributed by atoms with E-state index in [9.17, 15) is 9.90 Å². The fraction of sp³-hybridized carbons (Fsp3) is 0.462. The molecule has 0 saturated carbocycles. The predicted octanol–water partition coefficient (Wildman–Crippen LogP) is 2.56. The standard InChI is InChI=1S/C13H19NO2/c1-4-13(2,3)9-14-12(16)10-7-5-6-8-11(10)15/h5-8,15H,4,9H2,1-3H3,(H,14,16). The molecule has 0 fully saturated rings. The highest BCUT2D eigenvalue weighted by atomic mass is 16.3. The molecular formula is C13H19NO2. The molecule has 0 aliphatic rings. The number of rotatable bonds is 4. The second-order valence-corrected chi connectivity index (χ2v) is 4.72. The fourth-order valence-corrected chi connectivity index (χ4v) is 1.21. The zero-order valence-electron chi connectivity index (χ0n) is 10.1. The van der Waals surface area contributed by atoms with Crippen molar-refractivity contribution >= 4 is 5.91 Å². The van der Waals surface area contributed by atoms with E-state index in [1.807, 2.05) is 0 Å². The Balaban J connectivity index is 2.64. The third kappa shape index (κ3) is 3.26. The zero-order valence-corrected chi connectivity index (χ0v) is 10.1. The second kappa shape index (κ2) is 5.01. The molecule has 0 spiro atoms. The quantitative estimate of drug-likeness (QED) is 0.821. The summed E-state index contributed by atoms with van der Waals surface area (Å²) in [6.45, 7) is 6.89. The first kappa shape index (κ1) is 12.6. The van der Waals surface area contributed by atoms with E-state index in [2.05, 4.69) is 26.1 Å². The van der Waals surface area contributed by atoms with Crippen molar-refractivity contribution in [2.45, 2.75) is 27.2 Å². The molecule has 0 aliphatic heterocycles. The zero-order chi connectivity index (χ0) is 12.2. The Hall–Kier alpha value is -1.51. The molecule has 0 aliphatic carbocycles. The number of carbonyl (C=O) groups excluding carboxylic acids is 1. The molecule has 88 valence electrons. The van der Waals surface area contributed by atoms with Crippen molar-refractivity contribution in [1.29, 1.82) is 0 Å². The van der Waals surface area contributed by atoms with Crippen molar-refractivity contribution in [3.05, 3.63) is 29.8 Å². The van der Waals surface area contributed by atoms with Gasteiger partial charge in [-0.25, -0.2) is 0 Å². The molecule has 3 nitrogen and oxygen atoms in total. The van der Waals surface area contributed by atoms with Crippen molar-refractivity contribution in [3.8, 4) is 5.75 Å². The minimum atomic E-state index is -0.223. The monoisotopic (exact) mass is 221 g/mol. The number of phenols is 1.